The molecule has 6 heteroatoms. The standard InChI is InChI=1S/C32H50Si6/c1-33(2,31-25-17-21-27-19-13-15-23-29(27)31)35(5,6)37(9,10)38(11,12)36(7,8)34(3,4)32-26-18-22-28-20-14-16-24-30(28)32/h13-26H,1-12H3. The van der Waals surface area contributed by atoms with Crippen molar-refractivity contribution in [3.05, 3.63) is 84.9 Å². The minimum Gasteiger partial charge on any atom is -0.0735 e. The first-order valence-corrected chi connectivity index (χ1v) is 37.4. The third-order valence-electron chi connectivity index (χ3n) is 12.7. The predicted octanol–water partition coefficient (Wildman–Crippen LogP) is 8.75. The highest BCUT2D eigenvalue weighted by Gasteiger charge is 2.66. The molecule has 0 unspecified atom stereocenters. The number of benzene rings is 4. The average Bonchev–Trinajstić information content (AvgIpc) is 2.87. The van der Waals surface area contributed by atoms with Crippen LogP contribution in [0.25, 0.3) is 21.5 Å². The molecule has 0 bridgehead atoms. The van der Waals surface area contributed by atoms with Gasteiger partial charge in [-0.15, -0.1) is 0 Å². The molecule has 0 aliphatic rings. The summed E-state index contributed by atoms with van der Waals surface area (Å²) in [5, 5.41) is 9.35. The van der Waals surface area contributed by atoms with Gasteiger partial charge in [-0.3, -0.25) is 0 Å². The van der Waals surface area contributed by atoms with Crippen molar-refractivity contribution in [2.75, 3.05) is 0 Å². The van der Waals surface area contributed by atoms with E-state index in [0.29, 0.717) is 0 Å². The summed E-state index contributed by atoms with van der Waals surface area (Å²) in [6, 6.07) is 32.7. The van der Waals surface area contributed by atoms with Crippen molar-refractivity contribution in [3.8, 4) is 0 Å². The summed E-state index contributed by atoms with van der Waals surface area (Å²) in [5.41, 5.74) is 0. The minimum atomic E-state index is -1.70. The van der Waals surface area contributed by atoms with Crippen LogP contribution in [-0.4, -0.2) is 43.6 Å². The fourth-order valence-corrected chi connectivity index (χ4v) is 158. The number of rotatable bonds is 7. The van der Waals surface area contributed by atoms with Crippen LogP contribution in [0.2, 0.25) is 78.6 Å². The van der Waals surface area contributed by atoms with E-state index in [2.05, 4.69) is 163 Å². The molecule has 38 heavy (non-hydrogen) atoms. The molecule has 4 aromatic rings. The van der Waals surface area contributed by atoms with Crippen molar-refractivity contribution in [3.63, 3.8) is 0 Å². The molecule has 202 valence electrons. The molecular weight excluding hydrogens is 553 g/mol. The Morgan fingerprint density at radius 1 is 0.316 bits per heavy atom. The van der Waals surface area contributed by atoms with Crippen LogP contribution >= 0.6 is 0 Å². The molecule has 0 radical (unpaired) electrons. The number of hydrogen-bond donors (Lipinski definition) is 0. The van der Waals surface area contributed by atoms with E-state index in [4.69, 9.17) is 0 Å². The molecule has 4 rings (SSSR count). The Bertz CT molecular complexity index is 1360. The van der Waals surface area contributed by atoms with Crippen molar-refractivity contribution >= 4 is 75.5 Å². The SMILES string of the molecule is C[Si](C)(c1cccc2ccccc12)[Si](C)(C)[Si](C)(C)[Si](C)(C)[Si](C)(C)[Si](C)(C)c1cccc2ccccc12. The maximum absolute atomic E-state index is 2.88. The summed E-state index contributed by atoms with van der Waals surface area (Å²) in [5.74, 6) is 0. The maximum atomic E-state index is 2.88. The molecule has 0 amide bonds. The fourth-order valence-electron chi connectivity index (χ4n) is 7.34. The summed E-state index contributed by atoms with van der Waals surface area (Å²) in [4.78, 5) is 0. The lowest BCUT2D eigenvalue weighted by Crippen LogP contribution is -2.90. The molecule has 0 fully saturated rings. The van der Waals surface area contributed by atoms with Crippen molar-refractivity contribution in [2.24, 2.45) is 0 Å². The third-order valence-corrected chi connectivity index (χ3v) is 132. The van der Waals surface area contributed by atoms with Crippen LogP contribution in [0.5, 0.6) is 0 Å². The maximum Gasteiger partial charge on any atom is 0.0719 e. The van der Waals surface area contributed by atoms with E-state index in [1.165, 1.54) is 21.5 Å². The lowest BCUT2D eigenvalue weighted by Gasteiger charge is -2.62. The molecule has 0 saturated heterocycles. The Balaban J connectivity index is 1.86. The Morgan fingerprint density at radius 2 is 0.605 bits per heavy atom. The van der Waals surface area contributed by atoms with Crippen LogP contribution in [0.15, 0.2) is 84.9 Å². The second kappa shape index (κ2) is 9.66. The van der Waals surface area contributed by atoms with E-state index >= 15 is 0 Å². The second-order valence-corrected chi connectivity index (χ2v) is 78.9. The van der Waals surface area contributed by atoms with Gasteiger partial charge in [0.1, 0.15) is 0 Å². The highest BCUT2D eigenvalue weighted by molar-refractivity contribution is 7.98. The summed E-state index contributed by atoms with van der Waals surface area (Å²) in [7, 11) is -9.75. The van der Waals surface area contributed by atoms with E-state index in [1.54, 1.807) is 10.4 Å². The van der Waals surface area contributed by atoms with E-state index in [-0.39, 0.29) is 0 Å². The lowest BCUT2D eigenvalue weighted by atomic mass is 10.1. The average molecular weight is 603 g/mol. The van der Waals surface area contributed by atoms with Gasteiger partial charge >= 0.3 is 0 Å². The van der Waals surface area contributed by atoms with Gasteiger partial charge in [0.2, 0.25) is 0 Å². The molecule has 4 aromatic carbocycles. The monoisotopic (exact) mass is 602 g/mol. The molecule has 0 atom stereocenters. The van der Waals surface area contributed by atoms with Gasteiger partial charge in [-0.2, -0.15) is 0 Å². The molecule has 0 aromatic heterocycles. The molecular formula is C32H50Si6. The van der Waals surface area contributed by atoms with Crippen molar-refractivity contribution < 1.29 is 0 Å². The number of fused-ring (bicyclic) bond motifs is 2. The van der Waals surface area contributed by atoms with Gasteiger partial charge in [-0.05, 0) is 21.5 Å². The zero-order valence-electron chi connectivity index (χ0n) is 26.1. The Kier molecular flexibility index (Phi) is 7.55. The van der Waals surface area contributed by atoms with Gasteiger partial charge in [-0.1, -0.05) is 174 Å². The Hall–Kier alpha value is -1.30. The quantitative estimate of drug-likeness (QED) is 0.186. The molecule has 0 heterocycles. The first-order valence-electron chi connectivity index (χ1n) is 14.4. The van der Waals surface area contributed by atoms with Gasteiger partial charge in [0.15, 0.2) is 0 Å². The predicted molar refractivity (Wildman–Crippen MR) is 192 cm³/mol. The summed E-state index contributed by atoms with van der Waals surface area (Å²) in [6.45, 7) is 33.9. The summed E-state index contributed by atoms with van der Waals surface area (Å²) < 4.78 is 0. The molecule has 0 nitrogen and oxygen atoms in total. The van der Waals surface area contributed by atoms with Crippen molar-refractivity contribution in [2.45, 2.75) is 78.6 Å². The van der Waals surface area contributed by atoms with E-state index in [9.17, 15) is 0 Å². The zero-order valence-corrected chi connectivity index (χ0v) is 32.1. The van der Waals surface area contributed by atoms with Crippen LogP contribution in [-0.2, 0) is 0 Å². The van der Waals surface area contributed by atoms with Crippen molar-refractivity contribution in [1.29, 1.82) is 0 Å². The largest absolute Gasteiger partial charge is 0.0735 e. The highest BCUT2D eigenvalue weighted by atomic mass is 30.0. The molecule has 0 N–H and O–H groups in total. The fraction of sp³-hybridized carbons (Fsp3) is 0.375. The van der Waals surface area contributed by atoms with Gasteiger partial charge in [-0.25, -0.2) is 0 Å². The zero-order chi connectivity index (χ0) is 28.4. The molecule has 0 aliphatic heterocycles. The van der Waals surface area contributed by atoms with Gasteiger partial charge in [0.25, 0.3) is 0 Å². The van der Waals surface area contributed by atoms with Crippen LogP contribution in [0.1, 0.15) is 0 Å². The van der Waals surface area contributed by atoms with Crippen LogP contribution in [0, 0.1) is 0 Å². The first-order chi connectivity index (χ1) is 17.4. The topological polar surface area (TPSA) is 0 Å². The minimum absolute atomic E-state index is 1.42. The smallest absolute Gasteiger partial charge is 0.0719 e. The molecule has 0 saturated carbocycles. The van der Waals surface area contributed by atoms with E-state index in [0.717, 1.165) is 0 Å². The normalized spacial score (nSPS) is 14.3. The van der Waals surface area contributed by atoms with Gasteiger partial charge in [0, 0.05) is 28.4 Å². The van der Waals surface area contributed by atoms with E-state index in [1.807, 2.05) is 0 Å². The highest BCUT2D eigenvalue weighted by Crippen LogP contribution is 2.42. The Morgan fingerprint density at radius 3 is 0.947 bits per heavy atom. The summed E-state index contributed by atoms with van der Waals surface area (Å²) >= 11 is 0. The third kappa shape index (κ3) is 4.13. The van der Waals surface area contributed by atoms with Crippen LogP contribution in [0.3, 0.4) is 0 Å². The van der Waals surface area contributed by atoms with Gasteiger partial charge < -0.3 is 0 Å². The van der Waals surface area contributed by atoms with Crippen molar-refractivity contribution in [1.82, 2.24) is 0 Å². The lowest BCUT2D eigenvalue weighted by molar-refractivity contribution is 1.71. The van der Waals surface area contributed by atoms with Crippen LogP contribution in [0.4, 0.5) is 0 Å². The van der Waals surface area contributed by atoms with Gasteiger partial charge in [0.05, 0.1) is 15.2 Å². The van der Waals surface area contributed by atoms with E-state index < -0.39 is 43.6 Å². The number of hydrogen-bond acceptors (Lipinski definition) is 0. The van der Waals surface area contributed by atoms with Crippen LogP contribution < -0.4 is 10.4 Å². The first kappa shape index (κ1) is 29.7. The molecule has 0 aliphatic carbocycles. The molecule has 0 spiro atoms. The summed E-state index contributed by atoms with van der Waals surface area (Å²) in [6.07, 6.45) is 0. The second-order valence-electron chi connectivity index (χ2n) is 14.8. The Labute approximate surface area is 237 Å².